The Morgan fingerprint density at radius 1 is 1.14 bits per heavy atom. The van der Waals surface area contributed by atoms with Crippen LogP contribution in [0.4, 0.5) is 0 Å². The van der Waals surface area contributed by atoms with E-state index < -0.39 is 12.0 Å². The molecule has 0 radical (unpaired) electrons. The minimum atomic E-state index is -0.817. The first-order valence-corrected chi connectivity index (χ1v) is 8.39. The van der Waals surface area contributed by atoms with Crippen LogP contribution in [-0.4, -0.2) is 22.9 Å². The van der Waals surface area contributed by atoms with Gasteiger partial charge in [0, 0.05) is 11.4 Å². The molecule has 0 aliphatic carbocycles. The highest BCUT2D eigenvalue weighted by Crippen LogP contribution is 2.18. The molecule has 1 atom stereocenters. The van der Waals surface area contributed by atoms with Crippen LogP contribution in [0, 0.1) is 0 Å². The van der Waals surface area contributed by atoms with Gasteiger partial charge in [-0.3, -0.25) is 4.79 Å². The molecule has 0 aliphatic heterocycles. The molecule has 0 saturated carbocycles. The molecule has 0 spiro atoms. The van der Waals surface area contributed by atoms with E-state index in [-0.39, 0.29) is 0 Å². The summed E-state index contributed by atoms with van der Waals surface area (Å²) in [6.45, 7) is 2.68. The minimum Gasteiger partial charge on any atom is -0.480 e. The maximum atomic E-state index is 11.4. The summed E-state index contributed by atoms with van der Waals surface area (Å²) in [6.07, 6.45) is 0.486. The van der Waals surface area contributed by atoms with Crippen molar-refractivity contribution in [3.63, 3.8) is 0 Å². The van der Waals surface area contributed by atoms with E-state index in [0.29, 0.717) is 13.0 Å². The van der Waals surface area contributed by atoms with Gasteiger partial charge in [0.1, 0.15) is 6.04 Å². The number of thioether (sulfide) groups is 1. The molecule has 0 heterocycles. The van der Waals surface area contributed by atoms with Gasteiger partial charge >= 0.3 is 5.97 Å². The second kappa shape index (κ2) is 8.61. The third-order valence-electron chi connectivity index (χ3n) is 3.34. The molecule has 4 heteroatoms. The topological polar surface area (TPSA) is 49.3 Å². The molecule has 116 valence electrons. The largest absolute Gasteiger partial charge is 0.480 e. The Morgan fingerprint density at radius 2 is 1.86 bits per heavy atom. The lowest BCUT2D eigenvalue weighted by molar-refractivity contribution is -0.139. The number of hydrogen-bond donors (Lipinski definition) is 2. The summed E-state index contributed by atoms with van der Waals surface area (Å²) < 4.78 is 0. The number of rotatable bonds is 8. The number of benzene rings is 2. The summed E-state index contributed by atoms with van der Waals surface area (Å²) in [4.78, 5) is 12.6. The predicted octanol–water partition coefficient (Wildman–Crippen LogP) is 3.58. The molecule has 3 nitrogen and oxygen atoms in total. The molecule has 0 bridgehead atoms. The molecular formula is C18H21NO2S. The quantitative estimate of drug-likeness (QED) is 0.731. The van der Waals surface area contributed by atoms with Crippen molar-refractivity contribution < 1.29 is 9.90 Å². The Kier molecular flexibility index (Phi) is 6.49. The standard InChI is InChI=1S/C18H21NO2S/c1-2-22-16-10-6-9-15(11-16)13-19-17(18(20)21)12-14-7-4-3-5-8-14/h3-11,17,19H,2,12-13H2,1H3,(H,20,21)/t17-/m1/s1. The molecule has 22 heavy (non-hydrogen) atoms. The van der Waals surface area contributed by atoms with E-state index in [1.54, 1.807) is 11.8 Å². The summed E-state index contributed by atoms with van der Waals surface area (Å²) in [7, 11) is 0. The Hall–Kier alpha value is -1.78. The van der Waals surface area contributed by atoms with Crippen molar-refractivity contribution in [2.24, 2.45) is 0 Å². The second-order valence-corrected chi connectivity index (χ2v) is 6.38. The number of carboxylic acid groups (broad SMARTS) is 1. The average Bonchev–Trinajstić information content (AvgIpc) is 2.53. The van der Waals surface area contributed by atoms with E-state index in [1.807, 2.05) is 42.5 Å². The first-order valence-electron chi connectivity index (χ1n) is 7.41. The lowest BCUT2D eigenvalue weighted by atomic mass is 10.1. The van der Waals surface area contributed by atoms with Gasteiger partial charge in [-0.05, 0) is 35.4 Å². The van der Waals surface area contributed by atoms with Crippen molar-refractivity contribution in [2.45, 2.75) is 30.8 Å². The molecule has 0 fully saturated rings. The number of carboxylic acids is 1. The van der Waals surface area contributed by atoms with Crippen molar-refractivity contribution in [3.8, 4) is 0 Å². The SMILES string of the molecule is CCSc1cccc(CN[C@H](Cc2ccccc2)C(=O)O)c1. The van der Waals surface area contributed by atoms with Gasteiger partial charge in [-0.15, -0.1) is 11.8 Å². The molecule has 0 saturated heterocycles. The Morgan fingerprint density at radius 3 is 2.55 bits per heavy atom. The third kappa shape index (κ3) is 5.20. The zero-order chi connectivity index (χ0) is 15.8. The normalized spacial score (nSPS) is 12.0. The van der Waals surface area contributed by atoms with Crippen LogP contribution >= 0.6 is 11.8 Å². The van der Waals surface area contributed by atoms with Gasteiger partial charge < -0.3 is 10.4 Å². The first-order chi connectivity index (χ1) is 10.7. The van der Waals surface area contributed by atoms with Crippen molar-refractivity contribution in [2.75, 3.05) is 5.75 Å². The zero-order valence-electron chi connectivity index (χ0n) is 12.7. The molecule has 0 aliphatic rings. The van der Waals surface area contributed by atoms with Gasteiger partial charge in [-0.1, -0.05) is 49.4 Å². The van der Waals surface area contributed by atoms with Crippen molar-refractivity contribution >= 4 is 17.7 Å². The van der Waals surface area contributed by atoms with Crippen molar-refractivity contribution in [1.82, 2.24) is 5.32 Å². The van der Waals surface area contributed by atoms with E-state index in [2.05, 4.69) is 24.4 Å². The maximum Gasteiger partial charge on any atom is 0.321 e. The summed E-state index contributed by atoms with van der Waals surface area (Å²) in [5.74, 6) is 0.214. The van der Waals surface area contributed by atoms with Gasteiger partial charge in [0.15, 0.2) is 0 Å². The summed E-state index contributed by atoms with van der Waals surface area (Å²) >= 11 is 1.79. The van der Waals surface area contributed by atoms with Crippen molar-refractivity contribution in [3.05, 3.63) is 65.7 Å². The molecule has 2 aromatic carbocycles. The summed E-state index contributed by atoms with van der Waals surface area (Å²) in [5, 5.41) is 12.5. The van der Waals surface area contributed by atoms with Crippen LogP contribution < -0.4 is 5.32 Å². The highest BCUT2D eigenvalue weighted by molar-refractivity contribution is 7.99. The van der Waals surface area contributed by atoms with E-state index in [9.17, 15) is 9.90 Å². The summed E-state index contributed by atoms with van der Waals surface area (Å²) in [6, 6.07) is 17.4. The van der Waals surface area contributed by atoms with Crippen LogP contribution in [0.5, 0.6) is 0 Å². The molecule has 0 unspecified atom stereocenters. The summed E-state index contributed by atoms with van der Waals surface area (Å²) in [5.41, 5.74) is 2.13. The lowest BCUT2D eigenvalue weighted by Crippen LogP contribution is -2.38. The van der Waals surface area contributed by atoms with Gasteiger partial charge in [-0.25, -0.2) is 0 Å². The Bertz CT molecular complexity index is 601. The average molecular weight is 315 g/mol. The molecular weight excluding hydrogens is 294 g/mol. The maximum absolute atomic E-state index is 11.4. The van der Waals surface area contributed by atoms with Crippen LogP contribution in [0.2, 0.25) is 0 Å². The number of aliphatic carboxylic acids is 1. The fraction of sp³-hybridized carbons (Fsp3) is 0.278. The van der Waals surface area contributed by atoms with Crippen LogP contribution in [0.3, 0.4) is 0 Å². The van der Waals surface area contributed by atoms with Gasteiger partial charge in [0.2, 0.25) is 0 Å². The number of nitrogens with one attached hydrogen (secondary N) is 1. The van der Waals surface area contributed by atoms with Crippen LogP contribution in [0.15, 0.2) is 59.5 Å². The molecule has 0 amide bonds. The van der Waals surface area contributed by atoms with Gasteiger partial charge in [-0.2, -0.15) is 0 Å². The minimum absolute atomic E-state index is 0.486. The monoisotopic (exact) mass is 315 g/mol. The molecule has 2 rings (SSSR count). The third-order valence-corrected chi connectivity index (χ3v) is 4.22. The number of carbonyl (C=O) groups is 1. The van der Waals surface area contributed by atoms with E-state index in [4.69, 9.17) is 0 Å². The smallest absolute Gasteiger partial charge is 0.321 e. The molecule has 0 aromatic heterocycles. The highest BCUT2D eigenvalue weighted by Gasteiger charge is 2.17. The van der Waals surface area contributed by atoms with E-state index >= 15 is 0 Å². The van der Waals surface area contributed by atoms with Crippen LogP contribution in [0.1, 0.15) is 18.1 Å². The number of hydrogen-bond acceptors (Lipinski definition) is 3. The zero-order valence-corrected chi connectivity index (χ0v) is 13.5. The van der Waals surface area contributed by atoms with Gasteiger partial charge in [0.25, 0.3) is 0 Å². The van der Waals surface area contributed by atoms with Gasteiger partial charge in [0.05, 0.1) is 0 Å². The van der Waals surface area contributed by atoms with Crippen molar-refractivity contribution in [1.29, 1.82) is 0 Å². The molecule has 2 aromatic rings. The predicted molar refractivity (Wildman–Crippen MR) is 91.2 cm³/mol. The Labute approximate surface area is 135 Å². The van der Waals surface area contributed by atoms with E-state index in [1.165, 1.54) is 4.90 Å². The Balaban J connectivity index is 1.97. The first kappa shape index (κ1) is 16.6. The fourth-order valence-electron chi connectivity index (χ4n) is 2.25. The fourth-order valence-corrected chi connectivity index (χ4v) is 2.99. The second-order valence-electron chi connectivity index (χ2n) is 5.04. The van der Waals surface area contributed by atoms with E-state index in [0.717, 1.165) is 16.9 Å². The van der Waals surface area contributed by atoms with Crippen LogP contribution in [0.25, 0.3) is 0 Å². The molecule has 2 N–H and O–H groups in total. The lowest BCUT2D eigenvalue weighted by Gasteiger charge is -2.15. The highest BCUT2D eigenvalue weighted by atomic mass is 32.2. The van der Waals surface area contributed by atoms with Crippen LogP contribution in [-0.2, 0) is 17.8 Å².